The van der Waals surface area contributed by atoms with Gasteiger partial charge in [-0.2, -0.15) is 5.10 Å². The molecule has 4 nitrogen and oxygen atoms in total. The number of benzene rings is 3. The van der Waals surface area contributed by atoms with Crippen LogP contribution in [0.2, 0.25) is 5.02 Å². The number of aryl methyl sites for hydroxylation is 1. The highest BCUT2D eigenvalue weighted by Crippen LogP contribution is 2.18. The lowest BCUT2D eigenvalue weighted by Gasteiger charge is -2.09. The maximum Gasteiger partial charge on any atom is 0.271 e. The number of para-hydroxylation sites is 1. The minimum atomic E-state index is -0.255. The van der Waals surface area contributed by atoms with Crippen molar-refractivity contribution in [1.82, 2.24) is 5.43 Å². The predicted molar refractivity (Wildman–Crippen MR) is 108 cm³/mol. The Kier molecular flexibility index (Phi) is 6.23. The van der Waals surface area contributed by atoms with Crippen LogP contribution in [-0.2, 0) is 6.61 Å². The van der Waals surface area contributed by atoms with E-state index in [0.717, 1.165) is 16.7 Å². The molecule has 5 heteroatoms. The zero-order valence-corrected chi connectivity index (χ0v) is 15.6. The highest BCUT2D eigenvalue weighted by molar-refractivity contribution is 6.30. The molecule has 0 unspecified atom stereocenters. The monoisotopic (exact) mass is 378 g/mol. The van der Waals surface area contributed by atoms with Crippen molar-refractivity contribution in [2.45, 2.75) is 13.5 Å². The number of amides is 1. The molecule has 3 aromatic carbocycles. The fourth-order valence-corrected chi connectivity index (χ4v) is 2.60. The van der Waals surface area contributed by atoms with Gasteiger partial charge in [0.25, 0.3) is 5.91 Å². The Hall–Kier alpha value is -3.11. The summed E-state index contributed by atoms with van der Waals surface area (Å²) in [5.41, 5.74) is 5.92. The lowest BCUT2D eigenvalue weighted by Crippen LogP contribution is -2.17. The van der Waals surface area contributed by atoms with Crippen molar-refractivity contribution >= 4 is 23.7 Å². The van der Waals surface area contributed by atoms with Crippen LogP contribution in [0, 0.1) is 6.92 Å². The number of carbonyl (C=O) groups excluding carboxylic acids is 1. The molecule has 27 heavy (non-hydrogen) atoms. The summed E-state index contributed by atoms with van der Waals surface area (Å²) in [5, 5.41) is 4.74. The SMILES string of the molecule is Cc1cccc(C(=O)N/N=C/c2ccccc2OCc2ccc(Cl)cc2)c1. The van der Waals surface area contributed by atoms with Crippen LogP contribution in [0.4, 0.5) is 0 Å². The summed E-state index contributed by atoms with van der Waals surface area (Å²) in [6, 6.07) is 22.3. The van der Waals surface area contributed by atoms with Crippen molar-refractivity contribution in [3.63, 3.8) is 0 Å². The predicted octanol–water partition coefficient (Wildman–Crippen LogP) is 4.99. The van der Waals surface area contributed by atoms with Crippen LogP contribution in [-0.4, -0.2) is 12.1 Å². The molecule has 0 aliphatic rings. The van der Waals surface area contributed by atoms with E-state index in [-0.39, 0.29) is 5.91 Å². The van der Waals surface area contributed by atoms with Crippen molar-refractivity contribution < 1.29 is 9.53 Å². The van der Waals surface area contributed by atoms with Crippen LogP contribution >= 0.6 is 11.6 Å². The first kappa shape index (κ1) is 18.7. The smallest absolute Gasteiger partial charge is 0.271 e. The van der Waals surface area contributed by atoms with Gasteiger partial charge in [0.05, 0.1) is 6.21 Å². The second kappa shape index (κ2) is 9.01. The van der Waals surface area contributed by atoms with E-state index in [2.05, 4.69) is 10.5 Å². The number of ether oxygens (including phenoxy) is 1. The third-order valence-electron chi connectivity index (χ3n) is 3.88. The molecule has 0 aromatic heterocycles. The summed E-state index contributed by atoms with van der Waals surface area (Å²) < 4.78 is 5.87. The van der Waals surface area contributed by atoms with Crippen molar-refractivity contribution in [2.75, 3.05) is 0 Å². The Morgan fingerprint density at radius 2 is 1.85 bits per heavy atom. The minimum Gasteiger partial charge on any atom is -0.488 e. The summed E-state index contributed by atoms with van der Waals surface area (Å²) in [6.07, 6.45) is 1.57. The van der Waals surface area contributed by atoms with Gasteiger partial charge in [-0.1, -0.05) is 53.6 Å². The Morgan fingerprint density at radius 1 is 1.07 bits per heavy atom. The number of nitrogens with one attached hydrogen (secondary N) is 1. The van der Waals surface area contributed by atoms with Crippen LogP contribution in [0.25, 0.3) is 0 Å². The number of hydrazone groups is 1. The van der Waals surface area contributed by atoms with Gasteiger partial charge in [0.2, 0.25) is 0 Å². The van der Waals surface area contributed by atoms with E-state index in [1.807, 2.05) is 73.7 Å². The van der Waals surface area contributed by atoms with Crippen LogP contribution in [0.3, 0.4) is 0 Å². The van der Waals surface area contributed by atoms with Gasteiger partial charge in [-0.3, -0.25) is 4.79 Å². The number of hydrogen-bond acceptors (Lipinski definition) is 3. The molecule has 3 aromatic rings. The number of carbonyl (C=O) groups is 1. The Morgan fingerprint density at radius 3 is 2.63 bits per heavy atom. The average molecular weight is 379 g/mol. The average Bonchev–Trinajstić information content (AvgIpc) is 2.68. The maximum absolute atomic E-state index is 12.1. The van der Waals surface area contributed by atoms with E-state index >= 15 is 0 Å². The highest BCUT2D eigenvalue weighted by atomic mass is 35.5. The number of nitrogens with zero attached hydrogens (tertiary/aromatic N) is 1. The standard InChI is InChI=1S/C22H19ClN2O2/c1-16-5-4-7-18(13-16)22(26)25-24-14-19-6-2-3-8-21(19)27-15-17-9-11-20(23)12-10-17/h2-14H,15H2,1H3,(H,25,26)/b24-14+. The molecular weight excluding hydrogens is 360 g/mol. The van der Waals surface area contributed by atoms with E-state index in [9.17, 15) is 4.79 Å². The molecule has 0 saturated carbocycles. The van der Waals surface area contributed by atoms with Crippen molar-refractivity contribution in [1.29, 1.82) is 0 Å². The van der Waals surface area contributed by atoms with Gasteiger partial charge in [0, 0.05) is 16.1 Å². The van der Waals surface area contributed by atoms with E-state index in [4.69, 9.17) is 16.3 Å². The largest absolute Gasteiger partial charge is 0.488 e. The Labute approximate surface area is 163 Å². The number of rotatable bonds is 6. The zero-order chi connectivity index (χ0) is 19.1. The lowest BCUT2D eigenvalue weighted by molar-refractivity contribution is 0.0955. The van der Waals surface area contributed by atoms with E-state index < -0.39 is 0 Å². The van der Waals surface area contributed by atoms with Gasteiger partial charge in [-0.05, 0) is 48.9 Å². The van der Waals surface area contributed by atoms with E-state index in [0.29, 0.717) is 22.9 Å². The molecule has 1 amide bonds. The first-order valence-electron chi connectivity index (χ1n) is 8.48. The second-order valence-electron chi connectivity index (χ2n) is 6.02. The van der Waals surface area contributed by atoms with Gasteiger partial charge in [-0.25, -0.2) is 5.43 Å². The molecule has 0 aliphatic heterocycles. The molecule has 0 spiro atoms. The van der Waals surface area contributed by atoms with Crippen LogP contribution in [0.5, 0.6) is 5.75 Å². The summed E-state index contributed by atoms with van der Waals surface area (Å²) >= 11 is 5.90. The quantitative estimate of drug-likeness (QED) is 0.485. The molecule has 0 bridgehead atoms. The zero-order valence-electron chi connectivity index (χ0n) is 14.9. The van der Waals surface area contributed by atoms with Gasteiger partial charge < -0.3 is 4.74 Å². The third kappa shape index (κ3) is 5.43. The summed E-state index contributed by atoms with van der Waals surface area (Å²) in [7, 11) is 0. The van der Waals surface area contributed by atoms with Gasteiger partial charge >= 0.3 is 0 Å². The van der Waals surface area contributed by atoms with Crippen molar-refractivity contribution in [3.05, 3.63) is 100 Å². The van der Waals surface area contributed by atoms with Crippen LogP contribution in [0.1, 0.15) is 27.0 Å². The molecule has 3 rings (SSSR count). The van der Waals surface area contributed by atoms with Crippen molar-refractivity contribution in [2.24, 2.45) is 5.10 Å². The highest BCUT2D eigenvalue weighted by Gasteiger charge is 2.05. The van der Waals surface area contributed by atoms with Crippen LogP contribution in [0.15, 0.2) is 77.9 Å². The molecule has 0 heterocycles. The molecular formula is C22H19ClN2O2. The maximum atomic E-state index is 12.1. The number of halogens is 1. The topological polar surface area (TPSA) is 50.7 Å². The molecule has 0 atom stereocenters. The van der Waals surface area contributed by atoms with Gasteiger partial charge in [-0.15, -0.1) is 0 Å². The molecule has 0 fully saturated rings. The number of hydrogen-bond donors (Lipinski definition) is 1. The Bertz CT molecular complexity index is 953. The van der Waals surface area contributed by atoms with Crippen LogP contribution < -0.4 is 10.2 Å². The molecule has 136 valence electrons. The van der Waals surface area contributed by atoms with Gasteiger partial charge in [0.1, 0.15) is 12.4 Å². The third-order valence-corrected chi connectivity index (χ3v) is 4.13. The first-order valence-corrected chi connectivity index (χ1v) is 8.86. The van der Waals surface area contributed by atoms with E-state index in [1.54, 1.807) is 12.3 Å². The van der Waals surface area contributed by atoms with E-state index in [1.165, 1.54) is 0 Å². The lowest BCUT2D eigenvalue weighted by atomic mass is 10.1. The second-order valence-corrected chi connectivity index (χ2v) is 6.46. The molecule has 0 aliphatic carbocycles. The summed E-state index contributed by atoms with van der Waals surface area (Å²) in [6.45, 7) is 2.35. The first-order chi connectivity index (χ1) is 13.1. The summed E-state index contributed by atoms with van der Waals surface area (Å²) in [4.78, 5) is 12.1. The Balaban J connectivity index is 1.64. The molecule has 0 saturated heterocycles. The normalized spacial score (nSPS) is 10.7. The minimum absolute atomic E-state index is 0.255. The molecule has 0 radical (unpaired) electrons. The van der Waals surface area contributed by atoms with Crippen molar-refractivity contribution in [3.8, 4) is 5.75 Å². The fourth-order valence-electron chi connectivity index (χ4n) is 2.47. The molecule has 1 N–H and O–H groups in total. The summed E-state index contributed by atoms with van der Waals surface area (Å²) in [5.74, 6) is 0.426. The fraction of sp³-hybridized carbons (Fsp3) is 0.0909. The van der Waals surface area contributed by atoms with Gasteiger partial charge in [0.15, 0.2) is 0 Å².